The van der Waals surface area contributed by atoms with E-state index in [9.17, 15) is 39.6 Å². The number of rotatable bonds is 2. The third-order valence-electron chi connectivity index (χ3n) is 5.57. The summed E-state index contributed by atoms with van der Waals surface area (Å²) in [5.41, 5.74) is 1.94. The molecule has 1 aromatic heterocycles. The van der Waals surface area contributed by atoms with Gasteiger partial charge in [-0.1, -0.05) is 12.1 Å². The molecule has 0 spiro atoms. The van der Waals surface area contributed by atoms with E-state index in [1.54, 1.807) is 22.9 Å². The summed E-state index contributed by atoms with van der Waals surface area (Å²) in [5.74, 6) is -10.5. The summed E-state index contributed by atoms with van der Waals surface area (Å²) in [4.78, 5) is 48.5. The van der Waals surface area contributed by atoms with Crippen molar-refractivity contribution in [3.8, 4) is 22.3 Å². The molecule has 3 aromatic rings. The molecule has 2 aliphatic rings. The molecule has 1 heterocycles. The molecule has 0 bridgehead atoms. The molecule has 0 saturated carbocycles. The van der Waals surface area contributed by atoms with E-state index in [0.717, 1.165) is 0 Å². The van der Waals surface area contributed by atoms with Gasteiger partial charge in [-0.25, -0.2) is 0 Å². The Bertz CT molecular complexity index is 1260. The van der Waals surface area contributed by atoms with Gasteiger partial charge in [-0.2, -0.15) is 11.3 Å². The van der Waals surface area contributed by atoms with Crippen LogP contribution in [0.4, 0.5) is 0 Å². The monoisotopic (exact) mass is 436 g/mol. The molecule has 2 aliphatic carbocycles. The zero-order valence-electron chi connectivity index (χ0n) is 15.4. The van der Waals surface area contributed by atoms with Crippen molar-refractivity contribution in [1.29, 1.82) is 0 Å². The van der Waals surface area contributed by atoms with Crippen LogP contribution in [0.25, 0.3) is 22.3 Å². The molecule has 0 amide bonds. The number of carbonyl (C=O) groups excluding carboxylic acids is 4. The Morgan fingerprint density at radius 2 is 0.871 bits per heavy atom. The van der Waals surface area contributed by atoms with Crippen LogP contribution in [0.5, 0.6) is 0 Å². The van der Waals surface area contributed by atoms with Crippen molar-refractivity contribution in [3.63, 3.8) is 0 Å². The summed E-state index contributed by atoms with van der Waals surface area (Å²) in [7, 11) is 0. The van der Waals surface area contributed by atoms with Gasteiger partial charge in [-0.3, -0.25) is 19.2 Å². The van der Waals surface area contributed by atoms with Crippen molar-refractivity contribution in [2.75, 3.05) is 0 Å². The normalized spacial score (nSPS) is 18.5. The second-order valence-electron chi connectivity index (χ2n) is 7.38. The highest BCUT2D eigenvalue weighted by atomic mass is 32.1. The Balaban J connectivity index is 1.61. The number of thiophene rings is 1. The molecule has 0 radical (unpaired) electrons. The molecule has 4 N–H and O–H groups in total. The van der Waals surface area contributed by atoms with E-state index >= 15 is 0 Å². The molecule has 9 heteroatoms. The lowest BCUT2D eigenvalue weighted by molar-refractivity contribution is -0.0857. The van der Waals surface area contributed by atoms with E-state index in [1.165, 1.54) is 35.6 Å². The van der Waals surface area contributed by atoms with Gasteiger partial charge >= 0.3 is 0 Å². The number of carbonyl (C=O) groups is 4. The predicted octanol–water partition coefficient (Wildman–Crippen LogP) is 1.20. The van der Waals surface area contributed by atoms with Crippen LogP contribution in [0, 0.1) is 0 Å². The molecule has 31 heavy (non-hydrogen) atoms. The number of Topliss-reactive ketones (excluding diaryl/α,β-unsaturated/α-hetero) is 4. The van der Waals surface area contributed by atoms with E-state index in [2.05, 4.69) is 0 Å². The average Bonchev–Trinajstić information content (AvgIpc) is 3.35. The van der Waals surface area contributed by atoms with Crippen LogP contribution in [0.15, 0.2) is 47.2 Å². The van der Waals surface area contributed by atoms with Gasteiger partial charge in [-0.05, 0) is 46.2 Å². The van der Waals surface area contributed by atoms with Crippen LogP contribution >= 0.6 is 11.3 Å². The number of fused-ring (bicyclic) bond motifs is 2. The lowest BCUT2D eigenvalue weighted by atomic mass is 9.94. The number of hydrogen-bond donors (Lipinski definition) is 4. The second kappa shape index (κ2) is 6.10. The standard InChI is InChI=1S/C22H12O8S/c23-17-11-3-1-9(5-13(11)19(25)21(17,27)28)15-7-31-8-16(15)10-2-4-12-14(6-10)20(26)22(29,30)18(12)24/h1-8,27-30H. The maximum atomic E-state index is 12.2. The van der Waals surface area contributed by atoms with Crippen molar-refractivity contribution >= 4 is 34.5 Å². The number of aliphatic hydroxyl groups is 4. The van der Waals surface area contributed by atoms with E-state index < -0.39 is 34.7 Å². The van der Waals surface area contributed by atoms with Crippen LogP contribution in [0.2, 0.25) is 0 Å². The largest absolute Gasteiger partial charge is 0.353 e. The summed E-state index contributed by atoms with van der Waals surface area (Å²) in [6.45, 7) is 0. The maximum Gasteiger partial charge on any atom is 0.295 e. The zero-order chi connectivity index (χ0) is 22.3. The van der Waals surface area contributed by atoms with Gasteiger partial charge in [0.05, 0.1) is 0 Å². The molecule has 0 unspecified atom stereocenters. The van der Waals surface area contributed by atoms with Gasteiger partial charge in [0.2, 0.25) is 23.1 Å². The molecular formula is C22H12O8S. The molecular weight excluding hydrogens is 424 g/mol. The number of hydrogen-bond acceptors (Lipinski definition) is 9. The Hall–Kier alpha value is -3.34. The van der Waals surface area contributed by atoms with E-state index in [4.69, 9.17) is 0 Å². The minimum absolute atomic E-state index is 0.0839. The van der Waals surface area contributed by atoms with Crippen LogP contribution in [0.3, 0.4) is 0 Å². The van der Waals surface area contributed by atoms with Crippen LogP contribution in [0.1, 0.15) is 41.4 Å². The van der Waals surface area contributed by atoms with Crippen molar-refractivity contribution in [1.82, 2.24) is 0 Å². The van der Waals surface area contributed by atoms with Crippen LogP contribution in [-0.4, -0.2) is 55.1 Å². The Morgan fingerprint density at radius 1 is 0.516 bits per heavy atom. The highest BCUT2D eigenvalue weighted by Crippen LogP contribution is 2.40. The quantitative estimate of drug-likeness (QED) is 0.346. The third kappa shape index (κ3) is 2.49. The lowest BCUT2D eigenvalue weighted by Crippen LogP contribution is -2.40. The summed E-state index contributed by atoms with van der Waals surface area (Å²) in [5, 5.41) is 42.5. The number of benzene rings is 2. The first-order chi connectivity index (χ1) is 14.5. The minimum Gasteiger partial charge on any atom is -0.353 e. The molecule has 0 saturated heterocycles. The molecule has 0 aliphatic heterocycles. The highest BCUT2D eigenvalue weighted by Gasteiger charge is 2.52. The summed E-state index contributed by atoms with van der Waals surface area (Å²) in [6.07, 6.45) is 0. The van der Waals surface area contributed by atoms with Crippen molar-refractivity contribution in [3.05, 3.63) is 69.4 Å². The van der Waals surface area contributed by atoms with Gasteiger partial charge in [-0.15, -0.1) is 0 Å². The number of ketones is 4. The van der Waals surface area contributed by atoms with E-state index in [0.29, 0.717) is 22.3 Å². The third-order valence-corrected chi connectivity index (χ3v) is 6.31. The van der Waals surface area contributed by atoms with Gasteiger partial charge in [0.15, 0.2) is 0 Å². The summed E-state index contributed by atoms with van der Waals surface area (Å²) >= 11 is 1.32. The first kappa shape index (κ1) is 19.6. The van der Waals surface area contributed by atoms with Crippen molar-refractivity contribution in [2.24, 2.45) is 0 Å². The highest BCUT2D eigenvalue weighted by molar-refractivity contribution is 7.08. The first-order valence-electron chi connectivity index (χ1n) is 8.99. The fourth-order valence-electron chi connectivity index (χ4n) is 3.90. The fraction of sp³-hybridized carbons (Fsp3) is 0.0909. The van der Waals surface area contributed by atoms with Gasteiger partial charge in [0.1, 0.15) is 0 Å². The smallest absolute Gasteiger partial charge is 0.295 e. The molecule has 154 valence electrons. The molecule has 8 nitrogen and oxygen atoms in total. The molecule has 0 atom stereocenters. The SMILES string of the molecule is O=C1c2ccc(-c3cscc3-c3ccc4c(c3)C(=O)C(O)(O)C4=O)cc2C(=O)C1(O)O. The first-order valence-corrected chi connectivity index (χ1v) is 9.93. The fourth-order valence-corrected chi connectivity index (χ4v) is 4.76. The van der Waals surface area contributed by atoms with Crippen molar-refractivity contribution < 1.29 is 39.6 Å². The topological polar surface area (TPSA) is 149 Å². The van der Waals surface area contributed by atoms with E-state index in [-0.39, 0.29) is 22.3 Å². The molecule has 5 rings (SSSR count). The summed E-state index contributed by atoms with van der Waals surface area (Å²) < 4.78 is 0. The lowest BCUT2D eigenvalue weighted by Gasteiger charge is -2.09. The Morgan fingerprint density at radius 3 is 1.26 bits per heavy atom. The zero-order valence-corrected chi connectivity index (χ0v) is 16.3. The van der Waals surface area contributed by atoms with Crippen LogP contribution in [-0.2, 0) is 0 Å². The van der Waals surface area contributed by atoms with Gasteiger partial charge < -0.3 is 20.4 Å². The minimum atomic E-state index is -3.08. The molecule has 0 fully saturated rings. The summed E-state index contributed by atoms with van der Waals surface area (Å²) in [6, 6.07) is 8.60. The van der Waals surface area contributed by atoms with Crippen molar-refractivity contribution in [2.45, 2.75) is 11.6 Å². The predicted molar refractivity (Wildman–Crippen MR) is 107 cm³/mol. The Kier molecular flexibility index (Phi) is 3.86. The van der Waals surface area contributed by atoms with E-state index in [1.807, 2.05) is 0 Å². The average molecular weight is 436 g/mol. The van der Waals surface area contributed by atoms with Crippen LogP contribution < -0.4 is 0 Å². The Labute approximate surface area is 177 Å². The second-order valence-corrected chi connectivity index (χ2v) is 8.12. The maximum absolute atomic E-state index is 12.2. The molecule has 2 aromatic carbocycles. The van der Waals surface area contributed by atoms with Gasteiger partial charge in [0.25, 0.3) is 11.6 Å². The van der Waals surface area contributed by atoms with Gasteiger partial charge in [0, 0.05) is 33.4 Å².